The Bertz CT molecular complexity index is 20.9. The highest BCUT2D eigenvalue weighted by Gasteiger charge is 1.51. The Labute approximate surface area is 31.2 Å². The van der Waals surface area contributed by atoms with E-state index >= 15 is 0 Å². The molecule has 32 valence electrons. The Morgan fingerprint density at radius 1 is 1.60 bits per heavy atom. The second-order valence-electron chi connectivity index (χ2n) is 0.406. The molecule has 0 aliphatic carbocycles. The summed E-state index contributed by atoms with van der Waals surface area (Å²) in [7, 11) is -1.50. The smallest absolute Gasteiger partial charge is 0.0365 e. The van der Waals surface area contributed by atoms with Crippen LogP contribution in [-0.2, 0) is 4.52 Å². The van der Waals surface area contributed by atoms with Crippen LogP contribution >= 0.6 is 8.60 Å². The van der Waals surface area contributed by atoms with E-state index in [-0.39, 0.29) is 0 Å². The molecule has 0 spiro atoms. The second kappa shape index (κ2) is 2.54. The molecule has 0 aromatic heterocycles. The Morgan fingerprint density at radius 3 is 1.80 bits per heavy atom. The predicted molar refractivity (Wildman–Crippen MR) is 13.9 cm³/mol. The molecule has 0 aromatic carbocycles. The first kappa shape index (κ1) is 5.31. The number of hydrogen-bond donors (Lipinski definition) is 0. The van der Waals surface area contributed by atoms with Crippen LogP contribution < -0.4 is 9.79 Å². The van der Waals surface area contributed by atoms with Gasteiger partial charge >= 0.3 is 0 Å². The molecule has 0 aliphatic rings. The highest BCUT2D eigenvalue weighted by atomic mass is 31.2. The lowest BCUT2D eigenvalue weighted by atomic mass is 11.8. The molecule has 0 atom stereocenters. The lowest BCUT2D eigenvalue weighted by molar-refractivity contribution is -0.316. The van der Waals surface area contributed by atoms with Gasteiger partial charge in [0.15, 0.2) is 0 Å². The molecule has 0 unspecified atom stereocenters. The molecule has 0 amide bonds. The van der Waals surface area contributed by atoms with Gasteiger partial charge in [0.25, 0.3) is 0 Å². The van der Waals surface area contributed by atoms with E-state index in [1.54, 1.807) is 0 Å². The molecule has 0 radical (unpaired) electrons. The van der Waals surface area contributed by atoms with Crippen molar-refractivity contribution in [3.8, 4) is 0 Å². The van der Waals surface area contributed by atoms with Crippen molar-refractivity contribution in [2.45, 2.75) is 0 Å². The van der Waals surface area contributed by atoms with Crippen molar-refractivity contribution < 1.29 is 14.3 Å². The topological polar surface area (TPSA) is 55.3 Å². The van der Waals surface area contributed by atoms with E-state index in [1.165, 1.54) is 0 Å². The highest BCUT2D eigenvalue weighted by molar-refractivity contribution is 7.36. The van der Waals surface area contributed by atoms with Crippen LogP contribution in [0.15, 0.2) is 0 Å². The number of rotatable bonds is 1. The maximum Gasteiger partial charge on any atom is 0.0365 e. The summed E-state index contributed by atoms with van der Waals surface area (Å²) in [6, 6.07) is 0. The summed E-state index contributed by atoms with van der Waals surface area (Å²) in [4.78, 5) is 18.4. The third-order valence-electron chi connectivity index (χ3n) is 0.149. The van der Waals surface area contributed by atoms with Gasteiger partial charge in [0, 0.05) is 7.11 Å². The van der Waals surface area contributed by atoms with Crippen molar-refractivity contribution in [3.63, 3.8) is 0 Å². The van der Waals surface area contributed by atoms with Crippen LogP contribution in [-0.4, -0.2) is 7.11 Å². The van der Waals surface area contributed by atoms with Crippen LogP contribution in [0.1, 0.15) is 0 Å². The van der Waals surface area contributed by atoms with E-state index in [0.717, 1.165) is 7.11 Å². The molecule has 5 heavy (non-hydrogen) atoms. The monoisotopic (exact) mass is 94.0 g/mol. The maximum atomic E-state index is 9.18. The van der Waals surface area contributed by atoms with E-state index in [0.29, 0.717) is 0 Å². The van der Waals surface area contributed by atoms with Crippen LogP contribution in [0.25, 0.3) is 0 Å². The maximum absolute atomic E-state index is 9.18. The molecule has 0 saturated heterocycles. The zero-order chi connectivity index (χ0) is 4.28. The van der Waals surface area contributed by atoms with E-state index < -0.39 is 8.60 Å². The summed E-state index contributed by atoms with van der Waals surface area (Å²) in [6.45, 7) is 0. The minimum atomic E-state index is -2.60. The Hall–Kier alpha value is 0.310. The quantitative estimate of drug-likeness (QED) is 0.375. The largest absolute Gasteiger partial charge is 0.820 e. The summed E-state index contributed by atoms with van der Waals surface area (Å²) in [5, 5.41) is 0. The average molecular weight is 94.0 g/mol. The minimum Gasteiger partial charge on any atom is -0.820 e. The lowest BCUT2D eigenvalue weighted by Gasteiger charge is -2.25. The predicted octanol–water partition coefficient (Wildman–Crippen LogP) is -1.42. The number of hydrogen-bond acceptors (Lipinski definition) is 3. The van der Waals surface area contributed by atoms with Crippen molar-refractivity contribution >= 4 is 8.60 Å². The zero-order valence-corrected chi connectivity index (χ0v) is 3.57. The van der Waals surface area contributed by atoms with Crippen molar-refractivity contribution in [1.82, 2.24) is 0 Å². The molecule has 0 saturated carbocycles. The van der Waals surface area contributed by atoms with E-state index in [1.807, 2.05) is 0 Å². The Balaban J connectivity index is 2.54. The molecule has 0 bridgehead atoms. The fourth-order valence-electron chi connectivity index (χ4n) is 0. The zero-order valence-electron chi connectivity index (χ0n) is 2.67. The third kappa shape index (κ3) is 4.31. The summed E-state index contributed by atoms with van der Waals surface area (Å²) in [5.74, 6) is 0. The highest BCUT2D eigenvalue weighted by Crippen LogP contribution is 2.07. The van der Waals surface area contributed by atoms with Crippen LogP contribution in [0.5, 0.6) is 0 Å². The molecule has 0 N–H and O–H groups in total. The minimum absolute atomic E-state index is 1.10. The fourth-order valence-corrected chi connectivity index (χ4v) is 0. The molecule has 0 fully saturated rings. The molecule has 0 aliphatic heterocycles. The normalized spacial score (nSPS) is 9.60. The molecular weight excluding hydrogens is 91.0 g/mol. The lowest BCUT2D eigenvalue weighted by Crippen LogP contribution is -2.07. The van der Waals surface area contributed by atoms with Crippen molar-refractivity contribution in [2.24, 2.45) is 0 Å². The van der Waals surface area contributed by atoms with Gasteiger partial charge < -0.3 is 14.3 Å². The van der Waals surface area contributed by atoms with Gasteiger partial charge in [0.05, 0.1) is 0 Å². The van der Waals surface area contributed by atoms with Crippen LogP contribution in [0.3, 0.4) is 0 Å². The molecule has 0 rings (SSSR count). The van der Waals surface area contributed by atoms with E-state index in [2.05, 4.69) is 4.52 Å². The van der Waals surface area contributed by atoms with Gasteiger partial charge in [-0.15, -0.1) is 0 Å². The van der Waals surface area contributed by atoms with Crippen molar-refractivity contribution in [1.29, 1.82) is 0 Å². The van der Waals surface area contributed by atoms with E-state index in [9.17, 15) is 9.79 Å². The van der Waals surface area contributed by atoms with Crippen LogP contribution in [0, 0.1) is 0 Å². The van der Waals surface area contributed by atoms with Crippen molar-refractivity contribution in [2.75, 3.05) is 7.11 Å². The first-order valence-corrected chi connectivity index (χ1v) is 2.05. The summed E-state index contributed by atoms with van der Waals surface area (Å²) in [5.41, 5.74) is 0. The van der Waals surface area contributed by atoms with Crippen molar-refractivity contribution in [3.05, 3.63) is 0 Å². The molecular formula is CH3O3P-2. The van der Waals surface area contributed by atoms with Crippen LogP contribution in [0.4, 0.5) is 0 Å². The first-order valence-electron chi connectivity index (χ1n) is 0.956. The molecule has 4 heteroatoms. The van der Waals surface area contributed by atoms with Gasteiger partial charge in [0.1, 0.15) is 0 Å². The Kier molecular flexibility index (Phi) is 2.70. The van der Waals surface area contributed by atoms with Gasteiger partial charge in [-0.3, -0.25) is 0 Å². The molecule has 0 heterocycles. The summed E-state index contributed by atoms with van der Waals surface area (Å²) >= 11 is 0. The second-order valence-corrected chi connectivity index (χ2v) is 1.22. The van der Waals surface area contributed by atoms with Crippen LogP contribution in [0.2, 0.25) is 0 Å². The van der Waals surface area contributed by atoms with Gasteiger partial charge in [-0.25, -0.2) is 0 Å². The van der Waals surface area contributed by atoms with Gasteiger partial charge in [-0.1, -0.05) is 0 Å². The molecule has 3 nitrogen and oxygen atoms in total. The third-order valence-corrected chi connectivity index (χ3v) is 0.447. The van der Waals surface area contributed by atoms with E-state index in [4.69, 9.17) is 0 Å². The summed E-state index contributed by atoms with van der Waals surface area (Å²) < 4.78 is 3.70. The molecule has 0 aromatic rings. The summed E-state index contributed by atoms with van der Waals surface area (Å²) in [6.07, 6.45) is 0. The van der Waals surface area contributed by atoms with Gasteiger partial charge in [-0.2, -0.15) is 8.60 Å². The fraction of sp³-hybridized carbons (Fsp3) is 1.00. The standard InChI is InChI=1S/CH3O3P/c1-4-5(2)3/h1H3/q-2. The average Bonchev–Trinajstić information content (AvgIpc) is 1.38. The van der Waals surface area contributed by atoms with Gasteiger partial charge in [-0.05, 0) is 0 Å². The SMILES string of the molecule is COP([O-])[O-]. The first-order chi connectivity index (χ1) is 2.27. The Morgan fingerprint density at radius 2 is 1.80 bits per heavy atom. The van der Waals surface area contributed by atoms with Gasteiger partial charge in [0.2, 0.25) is 0 Å².